The first-order chi connectivity index (χ1) is 18.0. The van der Waals surface area contributed by atoms with Crippen molar-refractivity contribution in [3.63, 3.8) is 0 Å². The third-order valence-corrected chi connectivity index (χ3v) is 5.75. The molecule has 1 saturated heterocycles. The van der Waals surface area contributed by atoms with Crippen molar-refractivity contribution in [1.82, 2.24) is 10.2 Å². The summed E-state index contributed by atoms with van der Waals surface area (Å²) >= 11 is 0. The minimum atomic E-state index is -0.650. The highest BCUT2D eigenvalue weighted by molar-refractivity contribution is 6.16. The van der Waals surface area contributed by atoms with Crippen molar-refractivity contribution in [2.75, 3.05) is 18.5 Å². The molecule has 8 heteroatoms. The zero-order valence-electron chi connectivity index (χ0n) is 20.8. The minimum absolute atomic E-state index is 0.0761. The molecule has 0 atom stereocenters. The van der Waals surface area contributed by atoms with Crippen LogP contribution >= 0.6 is 0 Å². The van der Waals surface area contributed by atoms with E-state index in [-0.39, 0.29) is 5.70 Å². The summed E-state index contributed by atoms with van der Waals surface area (Å²) in [6, 6.07) is 21.8. The van der Waals surface area contributed by atoms with Crippen LogP contribution in [0.4, 0.5) is 10.5 Å². The van der Waals surface area contributed by atoms with E-state index in [2.05, 4.69) is 10.6 Å². The first-order valence-electron chi connectivity index (χ1n) is 12.1. The molecule has 0 unspecified atom stereocenters. The Kier molecular flexibility index (Phi) is 8.20. The quantitative estimate of drug-likeness (QED) is 0.310. The average Bonchev–Trinajstić information content (AvgIpc) is 3.16. The maximum absolute atomic E-state index is 12.9. The molecule has 0 spiro atoms. The number of nitrogens with zero attached hydrogens (tertiary/aromatic N) is 1. The second kappa shape index (κ2) is 11.9. The summed E-state index contributed by atoms with van der Waals surface area (Å²) < 4.78 is 11.7. The molecular formula is C29H29N3O5. The molecule has 1 heterocycles. The van der Waals surface area contributed by atoms with E-state index in [1.165, 1.54) is 0 Å². The molecule has 8 nitrogen and oxygen atoms in total. The number of para-hydroxylation sites is 1. The molecule has 190 valence electrons. The number of ether oxygens (including phenoxy) is 2. The summed E-state index contributed by atoms with van der Waals surface area (Å²) in [7, 11) is 0. The van der Waals surface area contributed by atoms with Gasteiger partial charge < -0.3 is 20.1 Å². The standard InChI is InChI=1S/C29H29N3O5/c1-3-22-12-8-9-13-23(22)30-27(33)18-32-28(34)24(31-29(32)35)16-21-14-15-25(26(17-21)36-4-2)37-19-20-10-6-5-7-11-20/h5-17H,3-4,18-19H2,1-2H3,(H,30,33)(H,31,35)/b24-16+. The largest absolute Gasteiger partial charge is 0.490 e. The van der Waals surface area contributed by atoms with Gasteiger partial charge in [-0.25, -0.2) is 9.69 Å². The monoisotopic (exact) mass is 499 g/mol. The maximum atomic E-state index is 12.9. The summed E-state index contributed by atoms with van der Waals surface area (Å²) in [6.07, 6.45) is 2.29. The number of benzene rings is 3. The molecule has 3 aromatic carbocycles. The van der Waals surface area contributed by atoms with E-state index in [0.717, 1.165) is 22.4 Å². The highest BCUT2D eigenvalue weighted by Gasteiger charge is 2.35. The van der Waals surface area contributed by atoms with Crippen molar-refractivity contribution in [2.45, 2.75) is 26.9 Å². The molecule has 1 fully saturated rings. The number of anilines is 1. The fourth-order valence-electron chi connectivity index (χ4n) is 3.90. The molecule has 0 radical (unpaired) electrons. The van der Waals surface area contributed by atoms with Crippen LogP contribution in [0.5, 0.6) is 11.5 Å². The Hall–Kier alpha value is -4.59. The third kappa shape index (κ3) is 6.35. The van der Waals surface area contributed by atoms with Gasteiger partial charge in [0.15, 0.2) is 11.5 Å². The number of urea groups is 1. The number of nitrogens with one attached hydrogen (secondary N) is 2. The van der Waals surface area contributed by atoms with Gasteiger partial charge in [0.1, 0.15) is 18.8 Å². The Labute approximate surface area is 215 Å². The molecule has 0 aromatic heterocycles. The van der Waals surface area contributed by atoms with E-state index in [1.807, 2.05) is 62.4 Å². The number of amides is 4. The SMILES string of the molecule is CCOc1cc(/C=C2/NC(=O)N(CC(=O)Nc3ccccc3CC)C2=O)ccc1OCc1ccccc1. The normalized spacial score (nSPS) is 14.0. The zero-order valence-corrected chi connectivity index (χ0v) is 20.8. The molecule has 2 N–H and O–H groups in total. The molecule has 4 rings (SSSR count). The highest BCUT2D eigenvalue weighted by Crippen LogP contribution is 2.30. The first kappa shape index (κ1) is 25.5. The van der Waals surface area contributed by atoms with Crippen molar-refractivity contribution in [3.8, 4) is 11.5 Å². The average molecular weight is 500 g/mol. The van der Waals surface area contributed by atoms with Gasteiger partial charge in [0.2, 0.25) is 5.91 Å². The maximum Gasteiger partial charge on any atom is 0.329 e. The Morgan fingerprint density at radius 1 is 0.946 bits per heavy atom. The van der Waals surface area contributed by atoms with E-state index in [1.54, 1.807) is 30.3 Å². The van der Waals surface area contributed by atoms with Gasteiger partial charge in [0.05, 0.1) is 6.61 Å². The van der Waals surface area contributed by atoms with Gasteiger partial charge in [-0.1, -0.05) is 61.5 Å². The summed E-state index contributed by atoms with van der Waals surface area (Å²) in [5.74, 6) is 0.0613. The molecule has 37 heavy (non-hydrogen) atoms. The van der Waals surface area contributed by atoms with Crippen LogP contribution in [-0.4, -0.2) is 35.9 Å². The molecule has 0 aliphatic carbocycles. The minimum Gasteiger partial charge on any atom is -0.490 e. The number of aryl methyl sites for hydroxylation is 1. The summed E-state index contributed by atoms with van der Waals surface area (Å²) in [4.78, 5) is 38.8. The number of hydrogen-bond acceptors (Lipinski definition) is 5. The van der Waals surface area contributed by atoms with Crippen LogP contribution in [0.15, 0.2) is 78.5 Å². The first-order valence-corrected chi connectivity index (χ1v) is 12.1. The number of imide groups is 1. The van der Waals surface area contributed by atoms with Gasteiger partial charge >= 0.3 is 6.03 Å². The van der Waals surface area contributed by atoms with Crippen molar-refractivity contribution in [1.29, 1.82) is 0 Å². The number of carbonyl (C=O) groups excluding carboxylic acids is 3. The summed E-state index contributed by atoms with van der Waals surface area (Å²) in [5.41, 5.74) is 3.37. The molecule has 0 saturated carbocycles. The van der Waals surface area contributed by atoms with E-state index in [9.17, 15) is 14.4 Å². The van der Waals surface area contributed by atoms with Gasteiger partial charge in [0.25, 0.3) is 5.91 Å². The fourth-order valence-corrected chi connectivity index (χ4v) is 3.90. The topological polar surface area (TPSA) is 97.0 Å². The zero-order chi connectivity index (χ0) is 26.2. The Balaban J connectivity index is 1.45. The van der Waals surface area contributed by atoms with Gasteiger partial charge in [-0.2, -0.15) is 0 Å². The Morgan fingerprint density at radius 3 is 2.46 bits per heavy atom. The van der Waals surface area contributed by atoms with Crippen molar-refractivity contribution < 1.29 is 23.9 Å². The van der Waals surface area contributed by atoms with Crippen molar-refractivity contribution in [3.05, 3.63) is 95.2 Å². The number of rotatable bonds is 10. The fraction of sp³-hybridized carbons (Fsp3) is 0.207. The molecule has 1 aliphatic rings. The Bertz CT molecular complexity index is 1320. The highest BCUT2D eigenvalue weighted by atomic mass is 16.5. The lowest BCUT2D eigenvalue weighted by Gasteiger charge is -2.14. The van der Waals surface area contributed by atoms with Crippen LogP contribution in [0.25, 0.3) is 6.08 Å². The predicted octanol–water partition coefficient (Wildman–Crippen LogP) is 4.76. The molecule has 1 aliphatic heterocycles. The third-order valence-electron chi connectivity index (χ3n) is 5.75. The second-order valence-electron chi connectivity index (χ2n) is 8.35. The van der Waals surface area contributed by atoms with E-state index in [4.69, 9.17) is 9.47 Å². The lowest BCUT2D eigenvalue weighted by molar-refractivity contribution is -0.127. The van der Waals surface area contributed by atoms with Crippen LogP contribution in [0, 0.1) is 0 Å². The lowest BCUT2D eigenvalue weighted by atomic mass is 10.1. The number of carbonyl (C=O) groups is 3. The summed E-state index contributed by atoms with van der Waals surface area (Å²) in [5, 5.41) is 5.34. The van der Waals surface area contributed by atoms with E-state index >= 15 is 0 Å². The van der Waals surface area contributed by atoms with Gasteiger partial charge in [-0.15, -0.1) is 0 Å². The smallest absolute Gasteiger partial charge is 0.329 e. The summed E-state index contributed by atoms with van der Waals surface area (Å²) in [6.45, 7) is 4.28. The Morgan fingerprint density at radius 2 is 1.70 bits per heavy atom. The van der Waals surface area contributed by atoms with Gasteiger partial charge in [0, 0.05) is 5.69 Å². The molecule has 3 aromatic rings. The van der Waals surface area contributed by atoms with E-state index < -0.39 is 24.4 Å². The van der Waals surface area contributed by atoms with Crippen LogP contribution in [0.3, 0.4) is 0 Å². The predicted molar refractivity (Wildman–Crippen MR) is 141 cm³/mol. The van der Waals surface area contributed by atoms with E-state index in [0.29, 0.717) is 36.0 Å². The van der Waals surface area contributed by atoms with Crippen molar-refractivity contribution in [2.24, 2.45) is 0 Å². The van der Waals surface area contributed by atoms with Crippen molar-refractivity contribution >= 4 is 29.6 Å². The molecular weight excluding hydrogens is 470 g/mol. The van der Waals surface area contributed by atoms with Crippen LogP contribution < -0.4 is 20.1 Å². The van der Waals surface area contributed by atoms with Crippen LogP contribution in [0.2, 0.25) is 0 Å². The molecule has 4 amide bonds. The van der Waals surface area contributed by atoms with Gasteiger partial charge in [-0.05, 0) is 54.3 Å². The molecule has 0 bridgehead atoms. The van der Waals surface area contributed by atoms with Crippen LogP contribution in [0.1, 0.15) is 30.5 Å². The lowest BCUT2D eigenvalue weighted by Crippen LogP contribution is -2.38. The second-order valence-corrected chi connectivity index (χ2v) is 8.35. The number of hydrogen-bond donors (Lipinski definition) is 2. The van der Waals surface area contributed by atoms with Gasteiger partial charge in [-0.3, -0.25) is 9.59 Å². The van der Waals surface area contributed by atoms with Crippen LogP contribution in [-0.2, 0) is 22.6 Å².